The summed E-state index contributed by atoms with van der Waals surface area (Å²) >= 11 is 0. The minimum absolute atomic E-state index is 0.655. The smallest absolute Gasteiger partial charge is 0.129 e. The van der Waals surface area contributed by atoms with Gasteiger partial charge < -0.3 is 9.47 Å². The Kier molecular flexibility index (Phi) is 4.35. The number of hydrogen-bond donors (Lipinski definition) is 0. The first-order valence-electron chi connectivity index (χ1n) is 7.04. The van der Waals surface area contributed by atoms with Crippen molar-refractivity contribution >= 4 is 0 Å². The van der Waals surface area contributed by atoms with Gasteiger partial charge in [-0.3, -0.25) is 4.90 Å². The Morgan fingerprint density at radius 1 is 1.11 bits per heavy atom. The average molecular weight is 263 g/mol. The van der Waals surface area contributed by atoms with E-state index in [1.807, 2.05) is 6.07 Å². The van der Waals surface area contributed by atoms with Crippen molar-refractivity contribution in [2.75, 3.05) is 14.2 Å². The van der Waals surface area contributed by atoms with Gasteiger partial charge in [0.2, 0.25) is 0 Å². The zero-order valence-corrected chi connectivity index (χ0v) is 12.7. The van der Waals surface area contributed by atoms with Crippen LogP contribution in [-0.2, 0) is 6.54 Å². The molecule has 0 aliphatic carbocycles. The fraction of sp³-hybridized carbons (Fsp3) is 0.625. The Balaban J connectivity index is 2.27. The van der Waals surface area contributed by atoms with Crippen molar-refractivity contribution in [3.05, 3.63) is 23.3 Å². The van der Waals surface area contributed by atoms with Crippen molar-refractivity contribution in [3.63, 3.8) is 0 Å². The van der Waals surface area contributed by atoms with E-state index in [9.17, 15) is 0 Å². The van der Waals surface area contributed by atoms with Gasteiger partial charge in [-0.2, -0.15) is 0 Å². The second-order valence-electron chi connectivity index (χ2n) is 5.53. The van der Waals surface area contributed by atoms with Gasteiger partial charge in [0.15, 0.2) is 0 Å². The van der Waals surface area contributed by atoms with Crippen LogP contribution in [0, 0.1) is 6.92 Å². The van der Waals surface area contributed by atoms with E-state index in [1.165, 1.54) is 18.4 Å². The lowest BCUT2D eigenvalue weighted by molar-refractivity contribution is 0.202. The number of nitrogens with zero attached hydrogens (tertiary/aromatic N) is 1. The SMILES string of the molecule is COc1ccc(CN2C(C)CCC2C)c(OC)c1C. The Morgan fingerprint density at radius 3 is 2.26 bits per heavy atom. The summed E-state index contributed by atoms with van der Waals surface area (Å²) in [5.41, 5.74) is 2.34. The quantitative estimate of drug-likeness (QED) is 0.831. The van der Waals surface area contributed by atoms with Crippen LogP contribution < -0.4 is 9.47 Å². The van der Waals surface area contributed by atoms with Gasteiger partial charge in [-0.1, -0.05) is 6.07 Å². The van der Waals surface area contributed by atoms with Crippen LogP contribution in [0.2, 0.25) is 0 Å². The molecular formula is C16H25NO2. The van der Waals surface area contributed by atoms with Crippen LogP contribution in [0.5, 0.6) is 11.5 Å². The second-order valence-corrected chi connectivity index (χ2v) is 5.53. The molecule has 2 atom stereocenters. The number of methoxy groups -OCH3 is 2. The molecule has 0 N–H and O–H groups in total. The van der Waals surface area contributed by atoms with E-state index in [1.54, 1.807) is 14.2 Å². The molecule has 2 rings (SSSR count). The molecule has 2 unspecified atom stereocenters. The van der Waals surface area contributed by atoms with Gasteiger partial charge in [0.1, 0.15) is 11.5 Å². The third kappa shape index (κ3) is 2.71. The first-order valence-corrected chi connectivity index (χ1v) is 7.04. The van der Waals surface area contributed by atoms with Gasteiger partial charge in [0, 0.05) is 29.8 Å². The number of ether oxygens (including phenoxy) is 2. The molecule has 1 aromatic carbocycles. The van der Waals surface area contributed by atoms with Crippen molar-refractivity contribution in [1.29, 1.82) is 0 Å². The molecule has 19 heavy (non-hydrogen) atoms. The summed E-state index contributed by atoms with van der Waals surface area (Å²) in [5, 5.41) is 0. The monoisotopic (exact) mass is 263 g/mol. The third-order valence-electron chi connectivity index (χ3n) is 4.35. The molecule has 0 aromatic heterocycles. The summed E-state index contributed by atoms with van der Waals surface area (Å²) in [5.74, 6) is 1.86. The molecule has 1 heterocycles. The van der Waals surface area contributed by atoms with Gasteiger partial charge >= 0.3 is 0 Å². The Bertz CT molecular complexity index is 435. The van der Waals surface area contributed by atoms with Crippen molar-refractivity contribution < 1.29 is 9.47 Å². The highest BCUT2D eigenvalue weighted by Crippen LogP contribution is 2.34. The van der Waals surface area contributed by atoms with Gasteiger partial charge in [0.05, 0.1) is 14.2 Å². The third-order valence-corrected chi connectivity index (χ3v) is 4.35. The van der Waals surface area contributed by atoms with Crippen LogP contribution >= 0.6 is 0 Å². The van der Waals surface area contributed by atoms with Gasteiger partial charge in [0.25, 0.3) is 0 Å². The molecule has 0 amide bonds. The average Bonchev–Trinajstić information content (AvgIpc) is 2.71. The van der Waals surface area contributed by atoms with E-state index in [-0.39, 0.29) is 0 Å². The minimum atomic E-state index is 0.655. The van der Waals surface area contributed by atoms with Gasteiger partial charge in [-0.05, 0) is 39.7 Å². The summed E-state index contributed by atoms with van der Waals surface area (Å²) in [7, 11) is 3.44. The normalized spacial score (nSPS) is 23.6. The molecule has 0 spiro atoms. The maximum absolute atomic E-state index is 5.59. The van der Waals surface area contributed by atoms with Crippen LogP contribution in [0.4, 0.5) is 0 Å². The fourth-order valence-electron chi connectivity index (χ4n) is 3.12. The molecule has 0 saturated carbocycles. The van der Waals surface area contributed by atoms with Crippen LogP contribution in [0.1, 0.15) is 37.8 Å². The number of likely N-dealkylation sites (tertiary alicyclic amines) is 1. The molecule has 106 valence electrons. The largest absolute Gasteiger partial charge is 0.496 e. The van der Waals surface area contributed by atoms with Crippen molar-refractivity contribution in [2.45, 2.75) is 52.2 Å². The second kappa shape index (κ2) is 5.83. The highest BCUT2D eigenvalue weighted by molar-refractivity contribution is 5.49. The summed E-state index contributed by atoms with van der Waals surface area (Å²) in [4.78, 5) is 2.56. The number of rotatable bonds is 4. The molecule has 1 fully saturated rings. The van der Waals surface area contributed by atoms with Crippen molar-refractivity contribution in [2.24, 2.45) is 0 Å². The Hall–Kier alpha value is -1.22. The topological polar surface area (TPSA) is 21.7 Å². The maximum atomic E-state index is 5.59. The van der Waals surface area contributed by atoms with Gasteiger partial charge in [-0.15, -0.1) is 0 Å². The first-order chi connectivity index (χ1) is 9.08. The highest BCUT2D eigenvalue weighted by Gasteiger charge is 2.28. The van der Waals surface area contributed by atoms with E-state index in [0.717, 1.165) is 23.6 Å². The lowest BCUT2D eigenvalue weighted by atomic mass is 10.1. The molecule has 1 aliphatic heterocycles. The predicted octanol–water partition coefficient (Wildman–Crippen LogP) is 3.39. The van der Waals surface area contributed by atoms with Crippen molar-refractivity contribution in [3.8, 4) is 11.5 Å². The summed E-state index contributed by atoms with van der Waals surface area (Å²) < 4.78 is 11.0. The van der Waals surface area contributed by atoms with Crippen LogP contribution in [0.3, 0.4) is 0 Å². The Morgan fingerprint density at radius 2 is 1.74 bits per heavy atom. The lowest BCUT2D eigenvalue weighted by Crippen LogP contribution is -2.32. The lowest BCUT2D eigenvalue weighted by Gasteiger charge is -2.27. The predicted molar refractivity (Wildman–Crippen MR) is 78.0 cm³/mol. The van der Waals surface area contributed by atoms with E-state index < -0.39 is 0 Å². The summed E-state index contributed by atoms with van der Waals surface area (Å²) in [6, 6.07) is 5.48. The molecular weight excluding hydrogens is 238 g/mol. The number of benzene rings is 1. The zero-order valence-electron chi connectivity index (χ0n) is 12.7. The van der Waals surface area contributed by atoms with Crippen LogP contribution in [0.15, 0.2) is 12.1 Å². The van der Waals surface area contributed by atoms with Crippen LogP contribution in [0.25, 0.3) is 0 Å². The highest BCUT2D eigenvalue weighted by atomic mass is 16.5. The summed E-state index contributed by atoms with van der Waals surface area (Å²) in [6.45, 7) is 7.63. The molecule has 1 aromatic rings. The Labute approximate surface area is 116 Å². The standard InChI is InChI=1S/C16H25NO2/c1-11-6-7-12(2)17(11)10-14-8-9-15(18-4)13(3)16(14)19-5/h8-9,11-12H,6-7,10H2,1-5H3. The maximum Gasteiger partial charge on any atom is 0.129 e. The molecule has 3 nitrogen and oxygen atoms in total. The number of hydrogen-bond acceptors (Lipinski definition) is 3. The molecule has 1 saturated heterocycles. The van der Waals surface area contributed by atoms with E-state index >= 15 is 0 Å². The molecule has 1 aliphatic rings. The molecule has 0 bridgehead atoms. The fourth-order valence-corrected chi connectivity index (χ4v) is 3.12. The zero-order chi connectivity index (χ0) is 14.0. The molecule has 3 heteroatoms. The van der Waals surface area contributed by atoms with Crippen LogP contribution in [-0.4, -0.2) is 31.2 Å². The van der Waals surface area contributed by atoms with E-state index in [0.29, 0.717) is 12.1 Å². The van der Waals surface area contributed by atoms with Gasteiger partial charge in [-0.25, -0.2) is 0 Å². The first kappa shape index (κ1) is 14.2. The van der Waals surface area contributed by atoms with E-state index in [4.69, 9.17) is 9.47 Å². The minimum Gasteiger partial charge on any atom is -0.496 e. The van der Waals surface area contributed by atoms with Crippen molar-refractivity contribution in [1.82, 2.24) is 4.90 Å². The van der Waals surface area contributed by atoms with E-state index in [2.05, 4.69) is 31.7 Å². The molecule has 0 radical (unpaired) electrons. The summed E-state index contributed by atoms with van der Waals surface area (Å²) in [6.07, 6.45) is 2.58.